The lowest BCUT2D eigenvalue weighted by Gasteiger charge is -2.13. The minimum Gasteiger partial charge on any atom is -0.324 e. The lowest BCUT2D eigenvalue weighted by atomic mass is 9.99. The Morgan fingerprint density at radius 2 is 2.07 bits per heavy atom. The molecule has 0 aliphatic rings. The van der Waals surface area contributed by atoms with Gasteiger partial charge in [0.05, 0.1) is 0 Å². The zero-order valence-electron chi connectivity index (χ0n) is 8.40. The van der Waals surface area contributed by atoms with Crippen molar-refractivity contribution >= 4 is 24.0 Å². The predicted molar refractivity (Wildman–Crippen MR) is 62.9 cm³/mol. The summed E-state index contributed by atoms with van der Waals surface area (Å²) < 4.78 is 0. The third-order valence-electron chi connectivity index (χ3n) is 1.90. The number of rotatable bonds is 3. The van der Waals surface area contributed by atoms with Gasteiger partial charge in [0.1, 0.15) is 5.15 Å². The molecule has 0 saturated carbocycles. The number of halogens is 2. The molecule has 0 amide bonds. The number of hydrogen-bond acceptors (Lipinski definition) is 2. The van der Waals surface area contributed by atoms with Crippen LogP contribution in [0.25, 0.3) is 0 Å². The maximum atomic E-state index is 5.96. The summed E-state index contributed by atoms with van der Waals surface area (Å²) in [5.74, 6) is 0.602. The van der Waals surface area contributed by atoms with Crippen molar-refractivity contribution in [3.8, 4) is 0 Å². The number of nitrogens with zero attached hydrogens (tertiary/aromatic N) is 1. The van der Waals surface area contributed by atoms with E-state index in [0.717, 1.165) is 12.0 Å². The summed E-state index contributed by atoms with van der Waals surface area (Å²) in [5.41, 5.74) is 7.02. The average molecular weight is 235 g/mol. The molecule has 14 heavy (non-hydrogen) atoms. The SMILES string of the molecule is CC(C)C[C@@H](N)c1ccc(Cl)nc1.Cl. The van der Waals surface area contributed by atoms with Crippen LogP contribution in [-0.4, -0.2) is 4.98 Å². The van der Waals surface area contributed by atoms with Crippen LogP contribution in [0, 0.1) is 5.92 Å². The molecule has 1 heterocycles. The van der Waals surface area contributed by atoms with Gasteiger partial charge in [-0.3, -0.25) is 0 Å². The summed E-state index contributed by atoms with van der Waals surface area (Å²) in [4.78, 5) is 3.99. The molecular formula is C10H16Cl2N2. The Bertz CT molecular complexity index is 259. The van der Waals surface area contributed by atoms with Crippen molar-refractivity contribution < 1.29 is 0 Å². The third kappa shape index (κ3) is 4.27. The van der Waals surface area contributed by atoms with Crippen molar-refractivity contribution in [2.45, 2.75) is 26.3 Å². The number of pyridine rings is 1. The topological polar surface area (TPSA) is 38.9 Å². The molecule has 4 heteroatoms. The molecule has 0 aliphatic heterocycles. The Hall–Kier alpha value is -0.310. The van der Waals surface area contributed by atoms with Crippen LogP contribution in [0.15, 0.2) is 18.3 Å². The van der Waals surface area contributed by atoms with Crippen LogP contribution < -0.4 is 5.73 Å². The van der Waals surface area contributed by atoms with Gasteiger partial charge < -0.3 is 5.73 Å². The van der Waals surface area contributed by atoms with Crippen molar-refractivity contribution in [3.05, 3.63) is 29.0 Å². The van der Waals surface area contributed by atoms with Crippen LogP contribution in [0.3, 0.4) is 0 Å². The highest BCUT2D eigenvalue weighted by Crippen LogP contribution is 2.18. The first-order chi connectivity index (χ1) is 6.09. The van der Waals surface area contributed by atoms with E-state index in [1.807, 2.05) is 6.07 Å². The highest BCUT2D eigenvalue weighted by atomic mass is 35.5. The summed E-state index contributed by atoms with van der Waals surface area (Å²) in [5, 5.41) is 0.514. The summed E-state index contributed by atoms with van der Waals surface area (Å²) in [6, 6.07) is 3.78. The van der Waals surface area contributed by atoms with Crippen LogP contribution in [-0.2, 0) is 0 Å². The molecule has 1 aromatic rings. The molecule has 1 rings (SSSR count). The Kier molecular flexibility index (Phi) is 6.09. The fourth-order valence-electron chi connectivity index (χ4n) is 1.25. The number of aromatic nitrogens is 1. The van der Waals surface area contributed by atoms with E-state index in [1.165, 1.54) is 0 Å². The highest BCUT2D eigenvalue weighted by molar-refractivity contribution is 6.29. The monoisotopic (exact) mass is 234 g/mol. The fraction of sp³-hybridized carbons (Fsp3) is 0.500. The number of nitrogens with two attached hydrogens (primary N) is 1. The van der Waals surface area contributed by atoms with E-state index in [4.69, 9.17) is 17.3 Å². The molecule has 0 unspecified atom stereocenters. The quantitative estimate of drug-likeness (QED) is 0.817. The van der Waals surface area contributed by atoms with Gasteiger partial charge in [-0.25, -0.2) is 4.98 Å². The summed E-state index contributed by atoms with van der Waals surface area (Å²) in [7, 11) is 0. The molecule has 0 aliphatic carbocycles. The van der Waals surface area contributed by atoms with Crippen molar-refractivity contribution in [2.75, 3.05) is 0 Å². The second-order valence-electron chi connectivity index (χ2n) is 3.65. The fourth-order valence-corrected chi connectivity index (χ4v) is 1.36. The standard InChI is InChI=1S/C10H15ClN2.ClH/c1-7(2)5-9(12)8-3-4-10(11)13-6-8;/h3-4,6-7,9H,5,12H2,1-2H3;1H/t9-;/m1./s1. The predicted octanol–water partition coefficient (Wildman–Crippen LogP) is 3.20. The van der Waals surface area contributed by atoms with Crippen molar-refractivity contribution in [1.29, 1.82) is 0 Å². The van der Waals surface area contributed by atoms with Crippen LogP contribution in [0.2, 0.25) is 5.15 Å². The van der Waals surface area contributed by atoms with Crippen molar-refractivity contribution in [3.63, 3.8) is 0 Å². The van der Waals surface area contributed by atoms with Crippen LogP contribution >= 0.6 is 24.0 Å². The molecule has 1 atom stereocenters. The van der Waals surface area contributed by atoms with Gasteiger partial charge in [0.25, 0.3) is 0 Å². The molecule has 1 aromatic heterocycles. The lowest BCUT2D eigenvalue weighted by molar-refractivity contribution is 0.509. The summed E-state index contributed by atoms with van der Waals surface area (Å²) in [6.07, 6.45) is 2.72. The average Bonchev–Trinajstić information content (AvgIpc) is 2.04. The second kappa shape index (κ2) is 6.23. The maximum Gasteiger partial charge on any atom is 0.129 e. The van der Waals surface area contributed by atoms with E-state index in [0.29, 0.717) is 11.1 Å². The van der Waals surface area contributed by atoms with E-state index in [-0.39, 0.29) is 18.4 Å². The van der Waals surface area contributed by atoms with Crippen LogP contribution in [0.1, 0.15) is 31.9 Å². The zero-order valence-corrected chi connectivity index (χ0v) is 9.98. The Morgan fingerprint density at radius 1 is 1.43 bits per heavy atom. The van der Waals surface area contributed by atoms with E-state index in [1.54, 1.807) is 12.3 Å². The molecule has 0 fully saturated rings. The molecule has 0 spiro atoms. The lowest BCUT2D eigenvalue weighted by Crippen LogP contribution is -2.12. The van der Waals surface area contributed by atoms with E-state index < -0.39 is 0 Å². The molecule has 0 radical (unpaired) electrons. The zero-order chi connectivity index (χ0) is 9.84. The Balaban J connectivity index is 0.00000169. The summed E-state index contributed by atoms with van der Waals surface area (Å²) in [6.45, 7) is 4.31. The summed E-state index contributed by atoms with van der Waals surface area (Å²) >= 11 is 5.67. The van der Waals surface area contributed by atoms with Gasteiger partial charge in [0.2, 0.25) is 0 Å². The van der Waals surface area contributed by atoms with Gasteiger partial charge in [-0.15, -0.1) is 12.4 Å². The second-order valence-corrected chi connectivity index (χ2v) is 4.04. The molecule has 2 nitrogen and oxygen atoms in total. The molecule has 0 saturated heterocycles. The molecule has 80 valence electrons. The van der Waals surface area contributed by atoms with Crippen molar-refractivity contribution in [1.82, 2.24) is 4.98 Å². The molecule has 0 aromatic carbocycles. The van der Waals surface area contributed by atoms with E-state index >= 15 is 0 Å². The third-order valence-corrected chi connectivity index (χ3v) is 2.13. The Labute approximate surface area is 96.3 Å². The van der Waals surface area contributed by atoms with Crippen LogP contribution in [0.4, 0.5) is 0 Å². The van der Waals surface area contributed by atoms with Crippen molar-refractivity contribution in [2.24, 2.45) is 11.7 Å². The smallest absolute Gasteiger partial charge is 0.129 e. The van der Waals surface area contributed by atoms with E-state index in [2.05, 4.69) is 18.8 Å². The first-order valence-electron chi connectivity index (χ1n) is 4.46. The molecule has 0 bridgehead atoms. The minimum atomic E-state index is 0. The normalized spacial score (nSPS) is 12.4. The number of hydrogen-bond donors (Lipinski definition) is 1. The molecule has 2 N–H and O–H groups in total. The largest absolute Gasteiger partial charge is 0.324 e. The first-order valence-corrected chi connectivity index (χ1v) is 4.84. The van der Waals surface area contributed by atoms with Gasteiger partial charge in [-0.2, -0.15) is 0 Å². The van der Waals surface area contributed by atoms with Gasteiger partial charge >= 0.3 is 0 Å². The van der Waals surface area contributed by atoms with Gasteiger partial charge in [-0.05, 0) is 24.0 Å². The van der Waals surface area contributed by atoms with Gasteiger partial charge in [-0.1, -0.05) is 31.5 Å². The minimum absolute atomic E-state index is 0. The van der Waals surface area contributed by atoms with Gasteiger partial charge in [0, 0.05) is 12.2 Å². The van der Waals surface area contributed by atoms with Crippen LogP contribution in [0.5, 0.6) is 0 Å². The first kappa shape index (κ1) is 13.7. The highest BCUT2D eigenvalue weighted by Gasteiger charge is 2.07. The van der Waals surface area contributed by atoms with Gasteiger partial charge in [0.15, 0.2) is 0 Å². The Morgan fingerprint density at radius 3 is 2.50 bits per heavy atom. The molecular weight excluding hydrogens is 219 g/mol. The van der Waals surface area contributed by atoms with E-state index in [9.17, 15) is 0 Å². The maximum absolute atomic E-state index is 5.96.